The second-order valence-electron chi connectivity index (χ2n) is 5.09. The quantitative estimate of drug-likeness (QED) is 0.737. The SMILES string of the molecule is COc1ccc(C(C)=O)cc1Cn1ccc2oc(=O)[nH]c2c1=O. The van der Waals surface area contributed by atoms with Crippen molar-refractivity contribution < 1.29 is 13.9 Å². The molecule has 118 valence electrons. The minimum Gasteiger partial charge on any atom is -0.496 e. The van der Waals surface area contributed by atoms with Crippen molar-refractivity contribution in [3.05, 3.63) is 62.5 Å². The molecule has 0 fully saturated rings. The van der Waals surface area contributed by atoms with Gasteiger partial charge in [0.05, 0.1) is 13.7 Å². The van der Waals surface area contributed by atoms with Crippen LogP contribution in [0.2, 0.25) is 0 Å². The molecule has 0 aliphatic heterocycles. The molecule has 0 aliphatic rings. The number of fused-ring (bicyclic) bond motifs is 1. The van der Waals surface area contributed by atoms with E-state index in [1.54, 1.807) is 18.2 Å². The third kappa shape index (κ3) is 2.68. The summed E-state index contributed by atoms with van der Waals surface area (Å²) in [5.41, 5.74) is 1.16. The van der Waals surface area contributed by atoms with Gasteiger partial charge in [0.25, 0.3) is 5.56 Å². The smallest absolute Gasteiger partial charge is 0.417 e. The molecule has 1 aromatic carbocycles. The van der Waals surface area contributed by atoms with E-state index in [1.807, 2.05) is 0 Å². The molecule has 2 heterocycles. The van der Waals surface area contributed by atoms with Crippen LogP contribution in [0.25, 0.3) is 11.1 Å². The summed E-state index contributed by atoms with van der Waals surface area (Å²) in [6.07, 6.45) is 1.53. The lowest BCUT2D eigenvalue weighted by molar-refractivity contribution is 0.101. The molecule has 0 radical (unpaired) electrons. The van der Waals surface area contributed by atoms with Crippen molar-refractivity contribution in [2.45, 2.75) is 13.5 Å². The fraction of sp³-hybridized carbons (Fsp3) is 0.188. The van der Waals surface area contributed by atoms with Crippen LogP contribution in [0.15, 0.2) is 44.5 Å². The average molecular weight is 314 g/mol. The fourth-order valence-electron chi connectivity index (χ4n) is 2.41. The lowest BCUT2D eigenvalue weighted by Crippen LogP contribution is -2.21. The van der Waals surface area contributed by atoms with Gasteiger partial charge < -0.3 is 13.7 Å². The van der Waals surface area contributed by atoms with Crippen LogP contribution in [0.1, 0.15) is 22.8 Å². The third-order valence-electron chi connectivity index (χ3n) is 3.58. The van der Waals surface area contributed by atoms with Crippen LogP contribution >= 0.6 is 0 Å². The Hall–Kier alpha value is -3.09. The first kappa shape index (κ1) is 14.8. The van der Waals surface area contributed by atoms with Crippen molar-refractivity contribution in [3.63, 3.8) is 0 Å². The van der Waals surface area contributed by atoms with Crippen molar-refractivity contribution in [3.8, 4) is 5.75 Å². The van der Waals surface area contributed by atoms with Crippen LogP contribution in [-0.4, -0.2) is 22.4 Å². The summed E-state index contributed by atoms with van der Waals surface area (Å²) < 4.78 is 11.5. The second kappa shape index (κ2) is 5.60. The first-order chi connectivity index (χ1) is 11.0. The number of hydrogen-bond donors (Lipinski definition) is 1. The van der Waals surface area contributed by atoms with Gasteiger partial charge >= 0.3 is 5.76 Å². The summed E-state index contributed by atoms with van der Waals surface area (Å²) in [5.74, 6) is -0.176. The maximum Gasteiger partial charge on any atom is 0.417 e. The van der Waals surface area contributed by atoms with Gasteiger partial charge in [0.15, 0.2) is 16.9 Å². The van der Waals surface area contributed by atoms with E-state index in [0.29, 0.717) is 16.9 Å². The Morgan fingerprint density at radius 2 is 2.09 bits per heavy atom. The van der Waals surface area contributed by atoms with E-state index in [9.17, 15) is 14.4 Å². The van der Waals surface area contributed by atoms with Crippen molar-refractivity contribution in [1.82, 2.24) is 9.55 Å². The molecule has 7 heteroatoms. The van der Waals surface area contributed by atoms with Crippen LogP contribution in [0.4, 0.5) is 0 Å². The summed E-state index contributed by atoms with van der Waals surface area (Å²) in [5, 5.41) is 0. The van der Waals surface area contributed by atoms with Crippen LogP contribution in [0, 0.1) is 0 Å². The van der Waals surface area contributed by atoms with Crippen LogP contribution in [0.3, 0.4) is 0 Å². The molecular formula is C16H14N2O5. The number of pyridine rings is 1. The van der Waals surface area contributed by atoms with Gasteiger partial charge in [-0.1, -0.05) is 0 Å². The minimum absolute atomic E-state index is 0.0733. The van der Waals surface area contributed by atoms with E-state index in [0.717, 1.165) is 0 Å². The van der Waals surface area contributed by atoms with E-state index in [1.165, 1.54) is 30.9 Å². The topological polar surface area (TPSA) is 94.3 Å². The van der Waals surface area contributed by atoms with Crippen LogP contribution in [0.5, 0.6) is 5.75 Å². The van der Waals surface area contributed by atoms with Gasteiger partial charge in [0.1, 0.15) is 5.75 Å². The van der Waals surface area contributed by atoms with E-state index in [-0.39, 0.29) is 29.0 Å². The number of benzene rings is 1. The summed E-state index contributed by atoms with van der Waals surface area (Å²) in [6, 6.07) is 6.59. The number of aromatic amines is 1. The van der Waals surface area contributed by atoms with E-state index in [2.05, 4.69) is 4.98 Å². The van der Waals surface area contributed by atoms with Gasteiger partial charge in [-0.3, -0.25) is 14.6 Å². The number of carbonyl (C=O) groups excluding carboxylic acids is 1. The molecule has 3 rings (SSSR count). The second-order valence-corrected chi connectivity index (χ2v) is 5.09. The lowest BCUT2D eigenvalue weighted by atomic mass is 10.1. The highest BCUT2D eigenvalue weighted by atomic mass is 16.5. The van der Waals surface area contributed by atoms with E-state index >= 15 is 0 Å². The number of ketones is 1. The summed E-state index contributed by atoms with van der Waals surface area (Å²) in [4.78, 5) is 37.5. The number of methoxy groups -OCH3 is 1. The maximum absolute atomic E-state index is 12.4. The predicted molar refractivity (Wildman–Crippen MR) is 83.2 cm³/mol. The Morgan fingerprint density at radius 3 is 2.78 bits per heavy atom. The summed E-state index contributed by atoms with van der Waals surface area (Å²) >= 11 is 0. The Morgan fingerprint density at radius 1 is 1.30 bits per heavy atom. The highest BCUT2D eigenvalue weighted by Crippen LogP contribution is 2.21. The van der Waals surface area contributed by atoms with E-state index < -0.39 is 5.76 Å². The number of hydrogen-bond acceptors (Lipinski definition) is 5. The lowest BCUT2D eigenvalue weighted by Gasteiger charge is -2.11. The number of H-pyrrole nitrogens is 1. The summed E-state index contributed by atoms with van der Waals surface area (Å²) in [7, 11) is 1.52. The molecule has 0 saturated heterocycles. The van der Waals surface area contributed by atoms with Gasteiger partial charge in [-0.25, -0.2) is 4.79 Å². The minimum atomic E-state index is -0.675. The molecule has 3 aromatic rings. The number of aromatic nitrogens is 2. The number of carbonyl (C=O) groups is 1. The predicted octanol–water partition coefficient (Wildman–Crippen LogP) is 1.54. The van der Waals surface area contributed by atoms with Gasteiger partial charge in [0.2, 0.25) is 0 Å². The highest BCUT2D eigenvalue weighted by Gasteiger charge is 2.12. The zero-order valence-corrected chi connectivity index (χ0v) is 12.6. The molecule has 0 amide bonds. The van der Waals surface area contributed by atoms with Crippen LogP contribution < -0.4 is 16.1 Å². The Balaban J connectivity index is 2.09. The molecule has 0 aliphatic carbocycles. The molecule has 1 N–H and O–H groups in total. The maximum atomic E-state index is 12.4. The van der Waals surface area contributed by atoms with E-state index in [4.69, 9.17) is 9.15 Å². The van der Waals surface area contributed by atoms with Crippen molar-refractivity contribution in [2.75, 3.05) is 7.11 Å². The Kier molecular flexibility index (Phi) is 3.61. The van der Waals surface area contributed by atoms with Crippen molar-refractivity contribution >= 4 is 16.9 Å². The fourth-order valence-corrected chi connectivity index (χ4v) is 2.41. The molecule has 0 atom stereocenters. The normalized spacial score (nSPS) is 10.9. The number of ether oxygens (including phenoxy) is 1. The monoisotopic (exact) mass is 314 g/mol. The molecule has 23 heavy (non-hydrogen) atoms. The first-order valence-electron chi connectivity index (χ1n) is 6.89. The van der Waals surface area contributed by atoms with Crippen molar-refractivity contribution in [2.24, 2.45) is 0 Å². The van der Waals surface area contributed by atoms with Gasteiger partial charge in [-0.2, -0.15) is 0 Å². The largest absolute Gasteiger partial charge is 0.496 e. The third-order valence-corrected chi connectivity index (χ3v) is 3.58. The Labute approximate surface area is 130 Å². The number of nitrogens with one attached hydrogen (secondary N) is 1. The highest BCUT2D eigenvalue weighted by molar-refractivity contribution is 5.94. The molecule has 7 nitrogen and oxygen atoms in total. The molecular weight excluding hydrogens is 300 g/mol. The summed E-state index contributed by atoms with van der Waals surface area (Å²) in [6.45, 7) is 1.67. The van der Waals surface area contributed by atoms with Crippen LogP contribution in [-0.2, 0) is 6.54 Å². The number of rotatable bonds is 4. The van der Waals surface area contributed by atoms with Crippen molar-refractivity contribution in [1.29, 1.82) is 0 Å². The van der Waals surface area contributed by atoms with Gasteiger partial charge in [-0.05, 0) is 31.2 Å². The molecule has 0 unspecified atom stereocenters. The first-order valence-corrected chi connectivity index (χ1v) is 6.89. The zero-order chi connectivity index (χ0) is 16.6. The molecule has 0 spiro atoms. The molecule has 0 bridgehead atoms. The number of nitrogens with zero attached hydrogens (tertiary/aromatic N) is 1. The molecule has 2 aromatic heterocycles. The van der Waals surface area contributed by atoms with Gasteiger partial charge in [0, 0.05) is 17.3 Å². The average Bonchev–Trinajstić information content (AvgIpc) is 2.91. The van der Waals surface area contributed by atoms with Gasteiger partial charge in [-0.15, -0.1) is 0 Å². The number of Topliss-reactive ketones (excluding diaryl/α,β-unsaturated/α-hetero) is 1. The standard InChI is InChI=1S/C16H14N2O5/c1-9(19)10-3-4-12(22-2)11(7-10)8-18-6-5-13-14(15(18)20)17-16(21)23-13/h3-7H,8H2,1-2H3,(H,17,21). The zero-order valence-electron chi connectivity index (χ0n) is 12.6. The molecule has 0 saturated carbocycles. The number of oxazole rings is 1. The Bertz CT molecular complexity index is 1010.